The van der Waals surface area contributed by atoms with E-state index in [9.17, 15) is 18.0 Å². The van der Waals surface area contributed by atoms with Gasteiger partial charge in [0.25, 0.3) is 0 Å². The van der Waals surface area contributed by atoms with Gasteiger partial charge in [0, 0.05) is 44.2 Å². The molecule has 0 aliphatic carbocycles. The first-order chi connectivity index (χ1) is 14.3. The van der Waals surface area contributed by atoms with E-state index in [0.717, 1.165) is 50.0 Å². The molecule has 1 aromatic rings. The predicted octanol–water partition coefficient (Wildman–Crippen LogP) is 2.84. The molecule has 1 N–H and O–H groups in total. The second-order valence-corrected chi connectivity index (χ2v) is 10.0. The second-order valence-electron chi connectivity index (χ2n) is 8.31. The van der Waals surface area contributed by atoms with Gasteiger partial charge in [0.15, 0.2) is 0 Å². The Kier molecular flexibility index (Phi) is 7.52. The molecular weight excluding hydrogens is 402 g/mol. The van der Waals surface area contributed by atoms with Crippen LogP contribution in [0.4, 0.5) is 5.69 Å². The number of likely N-dealkylation sites (tertiary alicyclic amines) is 1. The molecule has 3 rings (SSSR count). The van der Waals surface area contributed by atoms with Gasteiger partial charge in [-0.2, -0.15) is 0 Å². The molecule has 2 aliphatic heterocycles. The third kappa shape index (κ3) is 5.40. The fraction of sp³-hybridized carbons (Fsp3) is 0.636. The number of fused-ring (bicyclic) bond motifs is 1. The largest absolute Gasteiger partial charge is 0.343 e. The summed E-state index contributed by atoms with van der Waals surface area (Å²) in [5.74, 6) is -0.0208. The van der Waals surface area contributed by atoms with Crippen molar-refractivity contribution in [2.75, 3.05) is 24.5 Å². The molecule has 30 heavy (non-hydrogen) atoms. The minimum Gasteiger partial charge on any atom is -0.343 e. The average Bonchev–Trinajstić information content (AvgIpc) is 2.96. The van der Waals surface area contributed by atoms with Crippen molar-refractivity contribution in [3.63, 3.8) is 0 Å². The summed E-state index contributed by atoms with van der Waals surface area (Å²) in [6, 6.07) is 4.79. The van der Waals surface area contributed by atoms with Gasteiger partial charge in [0.1, 0.15) is 0 Å². The quantitative estimate of drug-likeness (QED) is 0.713. The van der Waals surface area contributed by atoms with E-state index in [1.165, 1.54) is 0 Å². The predicted molar refractivity (Wildman–Crippen MR) is 117 cm³/mol. The van der Waals surface area contributed by atoms with E-state index >= 15 is 0 Å². The van der Waals surface area contributed by atoms with Crippen molar-refractivity contribution in [3.8, 4) is 0 Å². The van der Waals surface area contributed by atoms with Crippen LogP contribution in [0.2, 0.25) is 0 Å². The number of nitrogens with one attached hydrogen (secondary N) is 1. The molecular formula is C22H33N3O4S. The van der Waals surface area contributed by atoms with Crippen molar-refractivity contribution in [2.24, 2.45) is 0 Å². The van der Waals surface area contributed by atoms with Crippen molar-refractivity contribution in [1.82, 2.24) is 9.62 Å². The maximum atomic E-state index is 12.8. The van der Waals surface area contributed by atoms with Crippen LogP contribution in [0.25, 0.3) is 0 Å². The first-order valence-corrected chi connectivity index (χ1v) is 12.5. The normalized spacial score (nSPS) is 18.1. The highest BCUT2D eigenvalue weighted by molar-refractivity contribution is 7.89. The van der Waals surface area contributed by atoms with Crippen LogP contribution in [0.15, 0.2) is 23.1 Å². The van der Waals surface area contributed by atoms with Gasteiger partial charge in [0.05, 0.1) is 4.90 Å². The van der Waals surface area contributed by atoms with Gasteiger partial charge < -0.3 is 9.80 Å². The van der Waals surface area contributed by atoms with Crippen LogP contribution in [0.1, 0.15) is 64.4 Å². The van der Waals surface area contributed by atoms with Crippen molar-refractivity contribution in [3.05, 3.63) is 23.8 Å². The Morgan fingerprint density at radius 1 is 1.03 bits per heavy atom. The average molecular weight is 436 g/mol. The molecule has 0 aromatic heterocycles. The second kappa shape index (κ2) is 9.92. The highest BCUT2D eigenvalue weighted by Crippen LogP contribution is 2.31. The highest BCUT2D eigenvalue weighted by atomic mass is 32.2. The summed E-state index contributed by atoms with van der Waals surface area (Å²) in [4.78, 5) is 29.0. The monoisotopic (exact) mass is 435 g/mol. The summed E-state index contributed by atoms with van der Waals surface area (Å²) < 4.78 is 27.7. The van der Waals surface area contributed by atoms with Gasteiger partial charge in [-0.15, -0.1) is 0 Å². The maximum absolute atomic E-state index is 12.8. The molecule has 0 bridgehead atoms. The number of sulfonamides is 1. The van der Waals surface area contributed by atoms with E-state index in [0.29, 0.717) is 19.4 Å². The molecule has 0 radical (unpaired) electrons. The summed E-state index contributed by atoms with van der Waals surface area (Å²) in [6.07, 6.45) is 6.15. The number of carbonyl (C=O) groups is 2. The molecule has 0 unspecified atom stereocenters. The van der Waals surface area contributed by atoms with Crippen molar-refractivity contribution < 1.29 is 18.0 Å². The summed E-state index contributed by atoms with van der Waals surface area (Å²) in [5, 5.41) is 0. The number of anilines is 1. The third-order valence-electron chi connectivity index (χ3n) is 6.04. The molecule has 2 heterocycles. The van der Waals surface area contributed by atoms with Gasteiger partial charge in [0.2, 0.25) is 21.8 Å². The van der Waals surface area contributed by atoms with Crippen molar-refractivity contribution >= 4 is 27.5 Å². The Morgan fingerprint density at radius 3 is 2.37 bits per heavy atom. The Labute approximate surface area is 179 Å². The van der Waals surface area contributed by atoms with E-state index in [2.05, 4.69) is 4.72 Å². The minimum atomic E-state index is -3.57. The molecule has 0 spiro atoms. The Bertz CT molecular complexity index is 876. The fourth-order valence-corrected chi connectivity index (χ4v) is 5.42. The van der Waals surface area contributed by atoms with Crippen LogP contribution in [-0.2, 0) is 26.0 Å². The number of carbonyl (C=O) groups excluding carboxylic acids is 2. The lowest BCUT2D eigenvalue weighted by molar-refractivity contribution is -0.133. The first kappa shape index (κ1) is 22.7. The highest BCUT2D eigenvalue weighted by Gasteiger charge is 2.27. The number of rotatable bonds is 7. The lowest BCUT2D eigenvalue weighted by Crippen LogP contribution is -2.34. The number of benzene rings is 1. The van der Waals surface area contributed by atoms with Gasteiger partial charge in [-0.3, -0.25) is 9.59 Å². The Morgan fingerprint density at radius 2 is 1.70 bits per heavy atom. The molecule has 8 heteroatoms. The van der Waals surface area contributed by atoms with Gasteiger partial charge in [-0.25, -0.2) is 13.1 Å². The zero-order valence-corrected chi connectivity index (χ0v) is 18.8. The molecule has 2 amide bonds. The van der Waals surface area contributed by atoms with Gasteiger partial charge >= 0.3 is 0 Å². The fourth-order valence-electron chi connectivity index (χ4n) is 4.05. The maximum Gasteiger partial charge on any atom is 0.240 e. The molecule has 1 atom stereocenters. The van der Waals surface area contributed by atoms with E-state index in [-0.39, 0.29) is 35.6 Å². The first-order valence-electron chi connectivity index (χ1n) is 11.0. The molecule has 1 saturated heterocycles. The molecule has 1 aromatic carbocycles. The van der Waals surface area contributed by atoms with E-state index < -0.39 is 10.0 Å². The minimum absolute atomic E-state index is 0.0576. The lowest BCUT2D eigenvalue weighted by atomic mass is 10.2. The van der Waals surface area contributed by atoms with Crippen LogP contribution >= 0.6 is 0 Å². The van der Waals surface area contributed by atoms with E-state index in [1.807, 2.05) is 18.7 Å². The lowest BCUT2D eigenvalue weighted by Gasteiger charge is -2.21. The van der Waals surface area contributed by atoms with Gasteiger partial charge in [-0.05, 0) is 56.4 Å². The number of hydrogen-bond acceptors (Lipinski definition) is 4. The summed E-state index contributed by atoms with van der Waals surface area (Å²) >= 11 is 0. The van der Waals surface area contributed by atoms with Crippen LogP contribution in [-0.4, -0.2) is 50.8 Å². The smallest absolute Gasteiger partial charge is 0.240 e. The van der Waals surface area contributed by atoms with Crippen LogP contribution in [0, 0.1) is 0 Å². The van der Waals surface area contributed by atoms with Crippen LogP contribution in [0.3, 0.4) is 0 Å². The molecule has 1 fully saturated rings. The topological polar surface area (TPSA) is 86.8 Å². The van der Waals surface area contributed by atoms with E-state index in [4.69, 9.17) is 0 Å². The van der Waals surface area contributed by atoms with Crippen LogP contribution in [0.5, 0.6) is 0 Å². The zero-order chi connectivity index (χ0) is 21.7. The Balaban J connectivity index is 1.62. The summed E-state index contributed by atoms with van der Waals surface area (Å²) in [7, 11) is -3.57. The SMILES string of the molecule is CC[C@@H](C)NS(=O)(=O)c1ccc2c(c1)CCN2C(=O)CCC(=O)N1CCCCCC1. The Hall–Kier alpha value is -1.93. The number of amides is 2. The molecule has 0 saturated carbocycles. The van der Waals surface area contributed by atoms with Crippen molar-refractivity contribution in [2.45, 2.75) is 76.2 Å². The van der Waals surface area contributed by atoms with Gasteiger partial charge in [-0.1, -0.05) is 19.8 Å². The zero-order valence-electron chi connectivity index (χ0n) is 18.0. The van der Waals surface area contributed by atoms with E-state index in [1.54, 1.807) is 23.1 Å². The summed E-state index contributed by atoms with van der Waals surface area (Å²) in [6.45, 7) is 5.87. The molecule has 166 valence electrons. The molecule has 2 aliphatic rings. The number of nitrogens with zero attached hydrogens (tertiary/aromatic N) is 2. The third-order valence-corrected chi connectivity index (χ3v) is 7.63. The number of hydrogen-bond donors (Lipinski definition) is 1. The summed E-state index contributed by atoms with van der Waals surface area (Å²) in [5.41, 5.74) is 1.61. The van der Waals surface area contributed by atoms with Crippen LogP contribution < -0.4 is 9.62 Å². The van der Waals surface area contributed by atoms with Crippen molar-refractivity contribution in [1.29, 1.82) is 0 Å². The molecule has 7 nitrogen and oxygen atoms in total. The standard InChI is InChI=1S/C22H33N3O4S/c1-3-17(2)23-30(28,29)19-8-9-20-18(16-19)12-15-25(20)22(27)11-10-21(26)24-13-6-4-5-7-14-24/h8-9,16-17,23H,3-7,10-15H2,1-2H3/t17-/m1/s1.